The van der Waals surface area contributed by atoms with Crippen molar-refractivity contribution in [1.29, 1.82) is 5.26 Å². The molecule has 0 saturated heterocycles. The van der Waals surface area contributed by atoms with Gasteiger partial charge in [0.25, 0.3) is 0 Å². The predicted octanol–water partition coefficient (Wildman–Crippen LogP) is 6.03. The Labute approximate surface area is 131 Å². The molecule has 0 heterocycles. The van der Waals surface area contributed by atoms with Crippen LogP contribution in [0.2, 0.25) is 20.1 Å². The molecule has 0 amide bonds. The Kier molecular flexibility index (Phi) is 4.60. The fourth-order valence-electron chi connectivity index (χ4n) is 1.71. The number of rotatable bonds is 2. The lowest BCUT2D eigenvalue weighted by molar-refractivity contribution is 1.26. The average molecular weight is 331 g/mol. The predicted molar refractivity (Wildman–Crippen MR) is 81.2 cm³/mol. The quantitative estimate of drug-likeness (QED) is 0.616. The summed E-state index contributed by atoms with van der Waals surface area (Å²) in [6, 6.07) is 10.8. The van der Waals surface area contributed by atoms with Crippen molar-refractivity contribution in [2.24, 2.45) is 0 Å². The van der Waals surface area contributed by atoms with Crippen molar-refractivity contribution in [2.45, 2.75) is 6.42 Å². The first-order chi connectivity index (χ1) is 9.02. The highest BCUT2D eigenvalue weighted by Gasteiger charge is 2.10. The van der Waals surface area contributed by atoms with E-state index in [2.05, 4.69) is 6.07 Å². The number of nitrogens with zero attached hydrogens (tertiary/aromatic N) is 1. The van der Waals surface area contributed by atoms with Gasteiger partial charge in [-0.05, 0) is 35.4 Å². The van der Waals surface area contributed by atoms with Crippen molar-refractivity contribution in [2.75, 3.05) is 0 Å². The van der Waals surface area contributed by atoms with Crippen LogP contribution in [-0.2, 0) is 6.42 Å². The molecule has 0 aliphatic carbocycles. The summed E-state index contributed by atoms with van der Waals surface area (Å²) >= 11 is 24.1. The smallest absolute Gasteiger partial charge is 0.0670 e. The van der Waals surface area contributed by atoms with Crippen LogP contribution in [0.15, 0.2) is 30.3 Å². The van der Waals surface area contributed by atoms with Crippen LogP contribution in [0.3, 0.4) is 0 Å². The molecule has 2 aromatic carbocycles. The van der Waals surface area contributed by atoms with Crippen LogP contribution >= 0.6 is 46.4 Å². The third-order valence-electron chi connectivity index (χ3n) is 2.64. The first-order valence-electron chi connectivity index (χ1n) is 5.33. The molecule has 0 fully saturated rings. The maximum Gasteiger partial charge on any atom is 0.0670 e. The van der Waals surface area contributed by atoms with Crippen molar-refractivity contribution in [3.63, 3.8) is 0 Å². The number of benzene rings is 2. The van der Waals surface area contributed by atoms with E-state index >= 15 is 0 Å². The van der Waals surface area contributed by atoms with Gasteiger partial charge in [-0.2, -0.15) is 5.26 Å². The highest BCUT2D eigenvalue weighted by atomic mass is 35.5. The summed E-state index contributed by atoms with van der Waals surface area (Å²) in [5.74, 6) is 0. The first kappa shape index (κ1) is 14.5. The second-order valence-electron chi connectivity index (χ2n) is 3.89. The van der Waals surface area contributed by atoms with Gasteiger partial charge >= 0.3 is 0 Å². The zero-order valence-corrected chi connectivity index (χ0v) is 12.6. The molecule has 0 radical (unpaired) electrons. The molecule has 5 heteroatoms. The minimum absolute atomic E-state index is 0.242. The normalized spacial score (nSPS) is 10.3. The lowest BCUT2D eigenvalue weighted by Gasteiger charge is -2.09. The van der Waals surface area contributed by atoms with Crippen LogP contribution in [0.5, 0.6) is 0 Å². The fourth-order valence-corrected chi connectivity index (χ4v) is 2.55. The number of nitriles is 1. The van der Waals surface area contributed by atoms with Gasteiger partial charge in [0.1, 0.15) is 0 Å². The van der Waals surface area contributed by atoms with Gasteiger partial charge in [-0.15, -0.1) is 0 Å². The summed E-state index contributed by atoms with van der Waals surface area (Å²) in [4.78, 5) is 0. The highest BCUT2D eigenvalue weighted by molar-refractivity contribution is 6.44. The van der Waals surface area contributed by atoms with Crippen LogP contribution in [0.25, 0.3) is 11.1 Å². The summed E-state index contributed by atoms with van der Waals surface area (Å²) < 4.78 is 0. The first-order valence-corrected chi connectivity index (χ1v) is 6.84. The molecule has 0 spiro atoms. The van der Waals surface area contributed by atoms with Crippen molar-refractivity contribution >= 4 is 46.4 Å². The summed E-state index contributed by atoms with van der Waals surface area (Å²) in [7, 11) is 0. The van der Waals surface area contributed by atoms with Crippen molar-refractivity contribution in [3.05, 3.63) is 56.0 Å². The third-order valence-corrected chi connectivity index (χ3v) is 4.04. The molecule has 0 aliphatic rings. The standard InChI is InChI=1S/C14H7Cl4N/c15-11-2-1-8(5-9(11)3-4-19)10-6-13(17)14(18)7-12(10)16/h1-2,5-7H,3H2. The summed E-state index contributed by atoms with van der Waals surface area (Å²) in [6.07, 6.45) is 0.242. The second kappa shape index (κ2) is 6.03. The Morgan fingerprint density at radius 2 is 1.53 bits per heavy atom. The minimum atomic E-state index is 0.242. The second-order valence-corrected chi connectivity index (χ2v) is 5.52. The van der Waals surface area contributed by atoms with Gasteiger partial charge in [-0.25, -0.2) is 0 Å². The largest absolute Gasteiger partial charge is 0.198 e. The molecule has 0 atom stereocenters. The van der Waals surface area contributed by atoms with Crippen molar-refractivity contribution < 1.29 is 0 Å². The molecule has 0 aromatic heterocycles. The third kappa shape index (κ3) is 3.16. The molecule has 1 nitrogen and oxygen atoms in total. The maximum atomic E-state index is 8.77. The Morgan fingerprint density at radius 3 is 2.21 bits per heavy atom. The molecular weight excluding hydrogens is 324 g/mol. The minimum Gasteiger partial charge on any atom is -0.198 e. The number of hydrogen-bond donors (Lipinski definition) is 0. The van der Waals surface area contributed by atoms with Crippen LogP contribution in [-0.4, -0.2) is 0 Å². The van der Waals surface area contributed by atoms with Gasteiger partial charge in [-0.1, -0.05) is 52.5 Å². The molecular formula is C14H7Cl4N. The molecule has 2 aromatic rings. The van der Waals surface area contributed by atoms with E-state index < -0.39 is 0 Å². The van der Waals surface area contributed by atoms with E-state index in [1.165, 1.54) is 0 Å². The van der Waals surface area contributed by atoms with E-state index in [1.54, 1.807) is 18.2 Å². The van der Waals surface area contributed by atoms with Crippen LogP contribution in [0.4, 0.5) is 0 Å². The molecule has 0 N–H and O–H groups in total. The van der Waals surface area contributed by atoms with Crippen LogP contribution < -0.4 is 0 Å². The Balaban J connectivity index is 2.57. The van der Waals surface area contributed by atoms with Gasteiger partial charge in [0.15, 0.2) is 0 Å². The molecule has 0 saturated carbocycles. The van der Waals surface area contributed by atoms with Gasteiger partial charge < -0.3 is 0 Å². The van der Waals surface area contributed by atoms with E-state index in [4.69, 9.17) is 51.7 Å². The van der Waals surface area contributed by atoms with Gasteiger partial charge in [-0.3, -0.25) is 0 Å². The Hall–Kier alpha value is -0.910. The molecule has 19 heavy (non-hydrogen) atoms. The van der Waals surface area contributed by atoms with Gasteiger partial charge in [0.05, 0.1) is 22.5 Å². The maximum absolute atomic E-state index is 8.77. The molecule has 2 rings (SSSR count). The number of hydrogen-bond acceptors (Lipinski definition) is 1. The summed E-state index contributed by atoms with van der Waals surface area (Å²) in [5, 5.41) is 10.7. The molecule has 96 valence electrons. The fraction of sp³-hybridized carbons (Fsp3) is 0.0714. The van der Waals surface area contributed by atoms with Crippen molar-refractivity contribution in [1.82, 2.24) is 0 Å². The Bertz CT molecular complexity index is 674. The summed E-state index contributed by atoms with van der Waals surface area (Å²) in [6.45, 7) is 0. The number of halogens is 4. The molecule has 0 bridgehead atoms. The van der Waals surface area contributed by atoms with Gasteiger partial charge in [0.2, 0.25) is 0 Å². The van der Waals surface area contributed by atoms with Crippen LogP contribution in [0.1, 0.15) is 5.56 Å². The van der Waals surface area contributed by atoms with E-state index in [1.807, 2.05) is 12.1 Å². The van der Waals surface area contributed by atoms with E-state index in [0.717, 1.165) is 16.7 Å². The topological polar surface area (TPSA) is 23.8 Å². The van der Waals surface area contributed by atoms with Crippen LogP contribution in [0, 0.1) is 11.3 Å². The highest BCUT2D eigenvalue weighted by Crippen LogP contribution is 2.36. The Morgan fingerprint density at radius 1 is 0.842 bits per heavy atom. The van der Waals surface area contributed by atoms with Crippen molar-refractivity contribution in [3.8, 4) is 17.2 Å². The SMILES string of the molecule is N#CCc1cc(-c2cc(Cl)c(Cl)cc2Cl)ccc1Cl. The van der Waals surface area contributed by atoms with E-state index in [0.29, 0.717) is 20.1 Å². The molecule has 0 aliphatic heterocycles. The lowest BCUT2D eigenvalue weighted by Crippen LogP contribution is -1.87. The average Bonchev–Trinajstić information content (AvgIpc) is 2.37. The van der Waals surface area contributed by atoms with Gasteiger partial charge in [0, 0.05) is 15.6 Å². The summed E-state index contributed by atoms with van der Waals surface area (Å²) in [5.41, 5.74) is 2.36. The van der Waals surface area contributed by atoms with E-state index in [9.17, 15) is 0 Å². The zero-order valence-electron chi connectivity index (χ0n) is 9.55. The zero-order chi connectivity index (χ0) is 14.0. The monoisotopic (exact) mass is 329 g/mol. The molecule has 0 unspecified atom stereocenters. The lowest BCUT2D eigenvalue weighted by atomic mass is 10.0. The van der Waals surface area contributed by atoms with E-state index in [-0.39, 0.29) is 6.42 Å².